The maximum atomic E-state index is 11.5. The standard InChI is InChI=1S/C11H21N3O3/c1-9(15)13-10(11(16)17-2)8-14-6-3-4-12-5-7-14/h10,12H,3-8H2,1-2H3,(H,13,15). The van der Waals surface area contributed by atoms with Gasteiger partial charge in [-0.15, -0.1) is 0 Å². The first kappa shape index (κ1) is 13.9. The predicted octanol–water partition coefficient (Wildman–Crippen LogP) is -1.04. The molecule has 0 spiro atoms. The highest BCUT2D eigenvalue weighted by Gasteiger charge is 2.23. The lowest BCUT2D eigenvalue weighted by Gasteiger charge is -2.24. The van der Waals surface area contributed by atoms with E-state index in [1.165, 1.54) is 14.0 Å². The maximum absolute atomic E-state index is 11.5. The summed E-state index contributed by atoms with van der Waals surface area (Å²) in [6.45, 7) is 5.63. The summed E-state index contributed by atoms with van der Waals surface area (Å²) in [6.07, 6.45) is 1.05. The van der Waals surface area contributed by atoms with Crippen molar-refractivity contribution in [1.29, 1.82) is 0 Å². The Hall–Kier alpha value is -1.14. The molecule has 6 heteroatoms. The zero-order valence-corrected chi connectivity index (χ0v) is 10.5. The molecule has 2 N–H and O–H groups in total. The minimum Gasteiger partial charge on any atom is -0.467 e. The second-order valence-corrected chi connectivity index (χ2v) is 4.18. The van der Waals surface area contributed by atoms with E-state index in [1.807, 2.05) is 0 Å². The Labute approximate surface area is 102 Å². The van der Waals surface area contributed by atoms with E-state index in [2.05, 4.69) is 15.5 Å². The number of hydrogen-bond donors (Lipinski definition) is 2. The van der Waals surface area contributed by atoms with Crippen molar-refractivity contribution in [3.63, 3.8) is 0 Å². The number of carbonyl (C=O) groups excluding carboxylic acids is 2. The summed E-state index contributed by atoms with van der Waals surface area (Å²) >= 11 is 0. The molecule has 17 heavy (non-hydrogen) atoms. The molecule has 1 aliphatic rings. The van der Waals surface area contributed by atoms with E-state index in [4.69, 9.17) is 4.74 Å². The van der Waals surface area contributed by atoms with Crippen LogP contribution in [0.5, 0.6) is 0 Å². The van der Waals surface area contributed by atoms with Gasteiger partial charge in [0.05, 0.1) is 7.11 Å². The summed E-state index contributed by atoms with van der Waals surface area (Å²) in [4.78, 5) is 24.7. The molecule has 0 aliphatic carbocycles. The van der Waals surface area contributed by atoms with Crippen LogP contribution in [0.4, 0.5) is 0 Å². The van der Waals surface area contributed by atoms with Crippen LogP contribution in [0, 0.1) is 0 Å². The number of amides is 1. The van der Waals surface area contributed by atoms with Gasteiger partial charge in [-0.1, -0.05) is 0 Å². The maximum Gasteiger partial charge on any atom is 0.329 e. The average Bonchev–Trinajstić information content (AvgIpc) is 2.55. The van der Waals surface area contributed by atoms with Gasteiger partial charge in [-0.2, -0.15) is 0 Å². The minimum atomic E-state index is -0.574. The summed E-state index contributed by atoms with van der Waals surface area (Å²) in [7, 11) is 1.33. The van der Waals surface area contributed by atoms with E-state index in [9.17, 15) is 9.59 Å². The van der Waals surface area contributed by atoms with E-state index in [-0.39, 0.29) is 5.91 Å². The molecule has 1 fully saturated rings. The van der Waals surface area contributed by atoms with Crippen LogP contribution in [0.15, 0.2) is 0 Å². The van der Waals surface area contributed by atoms with Crippen LogP contribution in [-0.4, -0.2) is 62.7 Å². The summed E-state index contributed by atoms with van der Waals surface area (Å²) in [6, 6.07) is -0.574. The number of methoxy groups -OCH3 is 1. The quantitative estimate of drug-likeness (QED) is 0.617. The number of carbonyl (C=O) groups is 2. The fourth-order valence-corrected chi connectivity index (χ4v) is 1.91. The Morgan fingerprint density at radius 2 is 2.18 bits per heavy atom. The lowest BCUT2D eigenvalue weighted by atomic mass is 10.2. The van der Waals surface area contributed by atoms with E-state index >= 15 is 0 Å². The van der Waals surface area contributed by atoms with Gasteiger partial charge in [0, 0.05) is 26.6 Å². The topological polar surface area (TPSA) is 70.7 Å². The van der Waals surface area contributed by atoms with Gasteiger partial charge in [0.1, 0.15) is 6.04 Å². The summed E-state index contributed by atoms with van der Waals surface area (Å²) in [5, 5.41) is 5.91. The van der Waals surface area contributed by atoms with Crippen LogP contribution in [0.1, 0.15) is 13.3 Å². The highest BCUT2D eigenvalue weighted by molar-refractivity contribution is 5.83. The van der Waals surface area contributed by atoms with Gasteiger partial charge < -0.3 is 15.4 Å². The molecule has 0 aromatic rings. The number of rotatable bonds is 4. The number of nitrogens with zero attached hydrogens (tertiary/aromatic N) is 1. The van der Waals surface area contributed by atoms with Crippen LogP contribution >= 0.6 is 0 Å². The summed E-state index contributed by atoms with van der Waals surface area (Å²) in [5.74, 6) is -0.606. The molecular weight excluding hydrogens is 222 g/mol. The first-order valence-corrected chi connectivity index (χ1v) is 5.91. The molecule has 0 radical (unpaired) electrons. The molecule has 0 aromatic heterocycles. The van der Waals surface area contributed by atoms with Gasteiger partial charge in [-0.05, 0) is 19.5 Å². The van der Waals surface area contributed by atoms with Crippen molar-refractivity contribution in [1.82, 2.24) is 15.5 Å². The van der Waals surface area contributed by atoms with Crippen LogP contribution in [0.25, 0.3) is 0 Å². The van der Waals surface area contributed by atoms with Crippen molar-refractivity contribution < 1.29 is 14.3 Å². The van der Waals surface area contributed by atoms with Crippen molar-refractivity contribution in [2.24, 2.45) is 0 Å². The van der Waals surface area contributed by atoms with Crippen LogP contribution < -0.4 is 10.6 Å². The summed E-state index contributed by atoms with van der Waals surface area (Å²) < 4.78 is 4.69. The van der Waals surface area contributed by atoms with Crippen molar-refractivity contribution >= 4 is 11.9 Å². The molecule has 0 bridgehead atoms. The van der Waals surface area contributed by atoms with Crippen LogP contribution in [0.2, 0.25) is 0 Å². The highest BCUT2D eigenvalue weighted by Crippen LogP contribution is 1.99. The van der Waals surface area contributed by atoms with Crippen LogP contribution in [-0.2, 0) is 14.3 Å². The number of esters is 1. The molecule has 1 heterocycles. The normalized spacial score (nSPS) is 19.2. The number of nitrogens with one attached hydrogen (secondary N) is 2. The first-order valence-electron chi connectivity index (χ1n) is 5.91. The zero-order chi connectivity index (χ0) is 12.7. The Morgan fingerprint density at radius 1 is 1.41 bits per heavy atom. The molecule has 0 aromatic carbocycles. The van der Waals surface area contributed by atoms with E-state index < -0.39 is 12.0 Å². The van der Waals surface area contributed by atoms with Gasteiger partial charge >= 0.3 is 5.97 Å². The molecule has 0 saturated carbocycles. The lowest BCUT2D eigenvalue weighted by Crippen LogP contribution is -2.49. The van der Waals surface area contributed by atoms with Crippen LogP contribution in [0.3, 0.4) is 0 Å². The fourth-order valence-electron chi connectivity index (χ4n) is 1.91. The molecule has 1 amide bonds. The lowest BCUT2D eigenvalue weighted by molar-refractivity contribution is -0.145. The third-order valence-electron chi connectivity index (χ3n) is 2.74. The molecule has 1 aliphatic heterocycles. The molecule has 6 nitrogen and oxygen atoms in total. The Kier molecular flexibility index (Phi) is 5.93. The molecule has 1 atom stereocenters. The third-order valence-corrected chi connectivity index (χ3v) is 2.74. The highest BCUT2D eigenvalue weighted by atomic mass is 16.5. The van der Waals surface area contributed by atoms with E-state index in [1.54, 1.807) is 0 Å². The van der Waals surface area contributed by atoms with Gasteiger partial charge in [0.25, 0.3) is 0 Å². The predicted molar refractivity (Wildman–Crippen MR) is 63.5 cm³/mol. The second-order valence-electron chi connectivity index (χ2n) is 4.18. The third kappa shape index (κ3) is 5.14. The Bertz CT molecular complexity index is 263. The second kappa shape index (κ2) is 7.24. The number of ether oxygens (including phenoxy) is 1. The molecule has 1 unspecified atom stereocenters. The largest absolute Gasteiger partial charge is 0.467 e. The van der Waals surface area contributed by atoms with E-state index in [0.29, 0.717) is 6.54 Å². The van der Waals surface area contributed by atoms with Crippen molar-refractivity contribution in [2.75, 3.05) is 39.8 Å². The van der Waals surface area contributed by atoms with E-state index in [0.717, 1.165) is 32.6 Å². The monoisotopic (exact) mass is 243 g/mol. The fraction of sp³-hybridized carbons (Fsp3) is 0.818. The Morgan fingerprint density at radius 3 is 2.82 bits per heavy atom. The number of hydrogen-bond acceptors (Lipinski definition) is 5. The first-order chi connectivity index (χ1) is 8.13. The average molecular weight is 243 g/mol. The van der Waals surface area contributed by atoms with Crippen molar-refractivity contribution in [3.8, 4) is 0 Å². The van der Waals surface area contributed by atoms with Gasteiger partial charge in [-0.3, -0.25) is 9.69 Å². The van der Waals surface area contributed by atoms with Crippen molar-refractivity contribution in [2.45, 2.75) is 19.4 Å². The Balaban J connectivity index is 2.51. The van der Waals surface area contributed by atoms with Gasteiger partial charge in [0.15, 0.2) is 0 Å². The molecule has 98 valence electrons. The molecular formula is C11H21N3O3. The smallest absolute Gasteiger partial charge is 0.329 e. The zero-order valence-electron chi connectivity index (χ0n) is 10.5. The minimum absolute atomic E-state index is 0.214. The molecule has 1 rings (SSSR count). The van der Waals surface area contributed by atoms with Crippen molar-refractivity contribution in [3.05, 3.63) is 0 Å². The summed E-state index contributed by atoms with van der Waals surface area (Å²) in [5.41, 5.74) is 0. The molecule has 1 saturated heterocycles. The SMILES string of the molecule is COC(=O)C(CN1CCCNCC1)NC(C)=O. The van der Waals surface area contributed by atoms with Gasteiger partial charge in [-0.25, -0.2) is 4.79 Å². The van der Waals surface area contributed by atoms with Gasteiger partial charge in [0.2, 0.25) is 5.91 Å².